The first-order valence-electron chi connectivity index (χ1n) is 4.84. The summed E-state index contributed by atoms with van der Waals surface area (Å²) in [4.78, 5) is 0. The minimum Gasteiger partial charge on any atom is -0.397 e. The third-order valence-electron chi connectivity index (χ3n) is 2.24. The minimum absolute atomic E-state index is 0.0727. The molecule has 0 unspecified atom stereocenters. The molecule has 5 heteroatoms. The van der Waals surface area contributed by atoms with Crippen LogP contribution in [0.15, 0.2) is 40.9 Å². The zero-order valence-corrected chi connectivity index (χ0v) is 11.0. The van der Waals surface area contributed by atoms with Crippen molar-refractivity contribution in [1.29, 1.82) is 0 Å². The van der Waals surface area contributed by atoms with Gasteiger partial charge in [0, 0.05) is 4.47 Å². The summed E-state index contributed by atoms with van der Waals surface area (Å²) in [6, 6.07) is 10.1. The summed E-state index contributed by atoms with van der Waals surface area (Å²) < 4.78 is 14.5. The summed E-state index contributed by atoms with van der Waals surface area (Å²) in [7, 11) is 0. The molecule has 0 aromatic heterocycles. The predicted molar refractivity (Wildman–Crippen MR) is 73.2 cm³/mol. The molecule has 0 aliphatic heterocycles. The van der Waals surface area contributed by atoms with Gasteiger partial charge in [-0.2, -0.15) is 0 Å². The molecule has 0 saturated carbocycles. The molecule has 0 heterocycles. The number of halogens is 3. The van der Waals surface area contributed by atoms with Crippen molar-refractivity contribution in [2.45, 2.75) is 0 Å². The second-order valence-electron chi connectivity index (χ2n) is 3.46. The van der Waals surface area contributed by atoms with Crippen molar-refractivity contribution in [3.63, 3.8) is 0 Å². The molecular formula is C12H9BrClFN2. The fourth-order valence-corrected chi connectivity index (χ4v) is 1.92. The highest BCUT2D eigenvalue weighted by Crippen LogP contribution is 2.29. The Morgan fingerprint density at radius 3 is 2.71 bits per heavy atom. The van der Waals surface area contributed by atoms with Crippen molar-refractivity contribution in [3.8, 4) is 0 Å². The van der Waals surface area contributed by atoms with E-state index in [0.717, 1.165) is 4.47 Å². The summed E-state index contributed by atoms with van der Waals surface area (Å²) in [6.45, 7) is 0. The van der Waals surface area contributed by atoms with Gasteiger partial charge >= 0.3 is 0 Å². The number of rotatable bonds is 2. The number of hydrogen-bond donors (Lipinski definition) is 2. The van der Waals surface area contributed by atoms with Gasteiger partial charge in [0.1, 0.15) is 0 Å². The first kappa shape index (κ1) is 12.2. The zero-order valence-electron chi connectivity index (χ0n) is 8.68. The van der Waals surface area contributed by atoms with Gasteiger partial charge in [0.05, 0.1) is 22.1 Å². The lowest BCUT2D eigenvalue weighted by atomic mass is 10.2. The Balaban J connectivity index is 2.38. The number of nitrogens with one attached hydrogen (secondary N) is 1. The van der Waals surface area contributed by atoms with E-state index in [1.807, 2.05) is 6.07 Å². The Kier molecular flexibility index (Phi) is 3.54. The van der Waals surface area contributed by atoms with Gasteiger partial charge in [0.15, 0.2) is 5.82 Å². The fourth-order valence-electron chi connectivity index (χ4n) is 1.38. The second-order valence-corrected chi connectivity index (χ2v) is 4.78. The standard InChI is InChI=1S/C12H9BrClFN2/c13-7-4-5-9(16)11(6-7)17-10-3-1-2-8(14)12(10)15/h1-6,17H,16H2. The van der Waals surface area contributed by atoms with Crippen LogP contribution < -0.4 is 11.1 Å². The molecule has 0 aliphatic rings. The SMILES string of the molecule is Nc1ccc(Br)cc1Nc1cccc(Cl)c1F. The van der Waals surface area contributed by atoms with E-state index in [0.29, 0.717) is 17.1 Å². The molecule has 2 nitrogen and oxygen atoms in total. The van der Waals surface area contributed by atoms with Gasteiger partial charge in [-0.15, -0.1) is 0 Å². The predicted octanol–water partition coefficient (Wildman–Crippen LogP) is 4.57. The van der Waals surface area contributed by atoms with Crippen molar-refractivity contribution in [2.24, 2.45) is 0 Å². The molecule has 88 valence electrons. The van der Waals surface area contributed by atoms with E-state index in [2.05, 4.69) is 21.2 Å². The molecule has 2 rings (SSSR count). The Morgan fingerprint density at radius 2 is 1.94 bits per heavy atom. The molecule has 0 amide bonds. The Hall–Kier alpha value is -1.26. The quantitative estimate of drug-likeness (QED) is 0.797. The molecule has 0 fully saturated rings. The maximum Gasteiger partial charge on any atom is 0.165 e. The largest absolute Gasteiger partial charge is 0.397 e. The first-order chi connectivity index (χ1) is 8.08. The van der Waals surface area contributed by atoms with Crippen molar-refractivity contribution in [2.75, 3.05) is 11.1 Å². The van der Waals surface area contributed by atoms with Crippen LogP contribution >= 0.6 is 27.5 Å². The van der Waals surface area contributed by atoms with Crippen LogP contribution in [-0.4, -0.2) is 0 Å². The average molecular weight is 316 g/mol. The summed E-state index contributed by atoms with van der Waals surface area (Å²) in [5.74, 6) is -0.492. The number of hydrogen-bond acceptors (Lipinski definition) is 2. The maximum absolute atomic E-state index is 13.7. The lowest BCUT2D eigenvalue weighted by molar-refractivity contribution is 0.632. The van der Waals surface area contributed by atoms with E-state index in [1.54, 1.807) is 24.3 Å². The van der Waals surface area contributed by atoms with E-state index in [4.69, 9.17) is 17.3 Å². The van der Waals surface area contributed by atoms with Crippen LogP contribution in [0.25, 0.3) is 0 Å². The number of nitrogen functional groups attached to an aromatic ring is 1. The monoisotopic (exact) mass is 314 g/mol. The van der Waals surface area contributed by atoms with E-state index in [-0.39, 0.29) is 5.02 Å². The van der Waals surface area contributed by atoms with Crippen LogP contribution in [-0.2, 0) is 0 Å². The van der Waals surface area contributed by atoms with Gasteiger partial charge in [-0.1, -0.05) is 33.6 Å². The van der Waals surface area contributed by atoms with Crippen LogP contribution in [0, 0.1) is 5.82 Å². The van der Waals surface area contributed by atoms with Crippen molar-refractivity contribution >= 4 is 44.6 Å². The molecule has 0 aliphatic carbocycles. The van der Waals surface area contributed by atoms with Gasteiger partial charge in [-0.05, 0) is 30.3 Å². The highest BCUT2D eigenvalue weighted by molar-refractivity contribution is 9.10. The van der Waals surface area contributed by atoms with Crippen molar-refractivity contribution in [1.82, 2.24) is 0 Å². The van der Waals surface area contributed by atoms with Gasteiger partial charge in [-0.25, -0.2) is 4.39 Å². The molecule has 2 aromatic rings. The van der Waals surface area contributed by atoms with E-state index < -0.39 is 5.82 Å². The van der Waals surface area contributed by atoms with E-state index >= 15 is 0 Å². The summed E-state index contributed by atoms with van der Waals surface area (Å²) in [6.07, 6.45) is 0. The molecule has 0 radical (unpaired) electrons. The number of anilines is 3. The van der Waals surface area contributed by atoms with Crippen LogP contribution in [0.5, 0.6) is 0 Å². The molecule has 0 atom stereocenters. The molecule has 3 N–H and O–H groups in total. The lowest BCUT2D eigenvalue weighted by Gasteiger charge is -2.11. The highest BCUT2D eigenvalue weighted by Gasteiger charge is 2.07. The van der Waals surface area contributed by atoms with E-state index in [1.165, 1.54) is 6.07 Å². The average Bonchev–Trinajstić information content (AvgIpc) is 2.30. The topological polar surface area (TPSA) is 38.0 Å². The van der Waals surface area contributed by atoms with Crippen LogP contribution in [0.1, 0.15) is 0 Å². The molecule has 0 saturated heterocycles. The molecule has 2 aromatic carbocycles. The molecule has 17 heavy (non-hydrogen) atoms. The van der Waals surface area contributed by atoms with Crippen molar-refractivity contribution in [3.05, 3.63) is 51.7 Å². The lowest BCUT2D eigenvalue weighted by Crippen LogP contribution is -1.98. The van der Waals surface area contributed by atoms with Gasteiger partial charge in [0.25, 0.3) is 0 Å². The fraction of sp³-hybridized carbons (Fsp3) is 0. The zero-order chi connectivity index (χ0) is 12.4. The van der Waals surface area contributed by atoms with Gasteiger partial charge < -0.3 is 11.1 Å². The van der Waals surface area contributed by atoms with Crippen LogP contribution in [0.3, 0.4) is 0 Å². The third kappa shape index (κ3) is 2.70. The highest BCUT2D eigenvalue weighted by atomic mass is 79.9. The molecular weight excluding hydrogens is 307 g/mol. The maximum atomic E-state index is 13.7. The first-order valence-corrected chi connectivity index (χ1v) is 6.01. The molecule has 0 bridgehead atoms. The van der Waals surface area contributed by atoms with E-state index in [9.17, 15) is 4.39 Å². The number of nitrogens with two attached hydrogens (primary N) is 1. The normalized spacial score (nSPS) is 10.3. The van der Waals surface area contributed by atoms with Gasteiger partial charge in [0.2, 0.25) is 0 Å². The Bertz CT molecular complexity index is 560. The smallest absolute Gasteiger partial charge is 0.165 e. The number of benzene rings is 2. The van der Waals surface area contributed by atoms with Crippen molar-refractivity contribution < 1.29 is 4.39 Å². The Morgan fingerprint density at radius 1 is 1.18 bits per heavy atom. The van der Waals surface area contributed by atoms with Crippen LogP contribution in [0.2, 0.25) is 5.02 Å². The summed E-state index contributed by atoms with van der Waals surface area (Å²) >= 11 is 9.02. The van der Waals surface area contributed by atoms with Crippen LogP contribution in [0.4, 0.5) is 21.5 Å². The second kappa shape index (κ2) is 4.94. The molecule has 0 spiro atoms. The third-order valence-corrected chi connectivity index (χ3v) is 3.02. The van der Waals surface area contributed by atoms with Gasteiger partial charge in [-0.3, -0.25) is 0 Å². The minimum atomic E-state index is -0.492. The summed E-state index contributed by atoms with van der Waals surface area (Å²) in [5, 5.41) is 2.98. The Labute approximate surface area is 112 Å². The summed E-state index contributed by atoms with van der Waals surface area (Å²) in [5.41, 5.74) is 7.24.